The molecule has 2 fully saturated rings. The topological polar surface area (TPSA) is 52.7 Å². The van der Waals surface area contributed by atoms with Crippen LogP contribution in [-0.2, 0) is 9.59 Å². The van der Waals surface area contributed by atoms with E-state index in [2.05, 4.69) is 17.3 Å². The minimum Gasteiger partial charge on any atom is -0.340 e. The molecule has 2 rings (SSSR count). The maximum absolute atomic E-state index is 12.7. The zero-order chi connectivity index (χ0) is 14.8. The summed E-state index contributed by atoms with van der Waals surface area (Å²) in [6.07, 6.45) is 3.57. The largest absolute Gasteiger partial charge is 0.340 e. The van der Waals surface area contributed by atoms with Crippen molar-refractivity contribution in [2.75, 3.05) is 33.2 Å². The summed E-state index contributed by atoms with van der Waals surface area (Å²) in [6.45, 7) is 7.09. The van der Waals surface area contributed by atoms with E-state index in [1.807, 2.05) is 13.8 Å². The normalized spacial score (nSPS) is 24.9. The second kappa shape index (κ2) is 6.12. The van der Waals surface area contributed by atoms with Gasteiger partial charge < -0.3 is 15.1 Å². The van der Waals surface area contributed by atoms with Crippen LogP contribution in [0.1, 0.15) is 39.5 Å². The fraction of sp³-hybridized carbons (Fsp3) is 0.867. The minimum atomic E-state index is -0.666. The van der Waals surface area contributed by atoms with Gasteiger partial charge in [0, 0.05) is 6.54 Å². The Labute approximate surface area is 121 Å². The molecular weight excluding hydrogens is 254 g/mol. The minimum absolute atomic E-state index is 0.0128. The van der Waals surface area contributed by atoms with Crippen molar-refractivity contribution in [1.82, 2.24) is 15.1 Å². The number of nitrogens with one attached hydrogen (secondary N) is 1. The lowest BCUT2D eigenvalue weighted by Gasteiger charge is -2.43. The molecule has 2 heterocycles. The van der Waals surface area contributed by atoms with Gasteiger partial charge in [-0.2, -0.15) is 0 Å². The third kappa shape index (κ3) is 2.97. The number of nitrogens with zero attached hydrogens (tertiary/aromatic N) is 2. The molecule has 0 bridgehead atoms. The number of likely N-dealkylation sites (tertiary alicyclic amines) is 1. The van der Waals surface area contributed by atoms with Gasteiger partial charge in [0.15, 0.2) is 0 Å². The fourth-order valence-electron chi connectivity index (χ4n) is 3.34. The average Bonchev–Trinajstić information content (AvgIpc) is 2.45. The number of carbonyl (C=O) groups excluding carboxylic acids is 2. The van der Waals surface area contributed by atoms with Crippen molar-refractivity contribution in [2.45, 2.75) is 45.1 Å². The first kappa shape index (κ1) is 15.3. The molecule has 1 N–H and O–H groups in total. The van der Waals surface area contributed by atoms with Crippen LogP contribution >= 0.6 is 0 Å². The molecule has 5 nitrogen and oxygen atoms in total. The molecule has 0 aromatic heterocycles. The number of carbonyl (C=O) groups is 2. The number of rotatable bonds is 4. The second-order valence-electron chi connectivity index (χ2n) is 6.27. The number of hydrogen-bond donors (Lipinski definition) is 1. The lowest BCUT2D eigenvalue weighted by Crippen LogP contribution is -2.66. The molecule has 2 amide bonds. The van der Waals surface area contributed by atoms with Crippen molar-refractivity contribution >= 4 is 11.8 Å². The zero-order valence-corrected chi connectivity index (χ0v) is 12.9. The second-order valence-corrected chi connectivity index (χ2v) is 6.27. The standard InChI is InChI=1S/C15H27N3O2/c1-4-15(5-2)14(20)18(11-13(19)16-15)10-12-6-8-17(3)9-7-12/h12H,4-11H2,1-3H3,(H,16,19). The van der Waals surface area contributed by atoms with Crippen LogP contribution in [0, 0.1) is 5.92 Å². The van der Waals surface area contributed by atoms with E-state index in [9.17, 15) is 9.59 Å². The first-order chi connectivity index (χ1) is 9.50. The van der Waals surface area contributed by atoms with Gasteiger partial charge in [-0.1, -0.05) is 13.8 Å². The van der Waals surface area contributed by atoms with Crippen molar-refractivity contribution in [3.05, 3.63) is 0 Å². The highest BCUT2D eigenvalue weighted by Crippen LogP contribution is 2.25. The summed E-state index contributed by atoms with van der Waals surface area (Å²) >= 11 is 0. The van der Waals surface area contributed by atoms with Gasteiger partial charge in [0.1, 0.15) is 5.54 Å². The van der Waals surface area contributed by atoms with Crippen LogP contribution in [-0.4, -0.2) is 60.4 Å². The molecule has 0 aliphatic carbocycles. The highest BCUT2D eigenvalue weighted by Gasteiger charge is 2.44. The Morgan fingerprint density at radius 2 is 1.80 bits per heavy atom. The molecule has 0 aromatic rings. The van der Waals surface area contributed by atoms with Gasteiger partial charge in [-0.15, -0.1) is 0 Å². The van der Waals surface area contributed by atoms with Crippen LogP contribution < -0.4 is 5.32 Å². The van der Waals surface area contributed by atoms with E-state index in [-0.39, 0.29) is 18.4 Å². The van der Waals surface area contributed by atoms with E-state index in [0.717, 1.165) is 32.5 Å². The van der Waals surface area contributed by atoms with Crippen LogP contribution in [0.2, 0.25) is 0 Å². The van der Waals surface area contributed by atoms with Gasteiger partial charge in [0.05, 0.1) is 6.54 Å². The highest BCUT2D eigenvalue weighted by atomic mass is 16.2. The smallest absolute Gasteiger partial charge is 0.248 e. The van der Waals surface area contributed by atoms with E-state index < -0.39 is 5.54 Å². The number of amides is 2. The Hall–Kier alpha value is -1.10. The Kier molecular flexibility index (Phi) is 4.68. The van der Waals surface area contributed by atoms with E-state index in [0.29, 0.717) is 18.8 Å². The Balaban J connectivity index is 2.03. The molecule has 2 aliphatic heterocycles. The summed E-state index contributed by atoms with van der Waals surface area (Å²) in [5.41, 5.74) is -0.666. The SMILES string of the molecule is CCC1(CC)NC(=O)CN(CC2CCN(C)CC2)C1=O. The molecule has 0 atom stereocenters. The predicted molar refractivity (Wildman–Crippen MR) is 78.3 cm³/mol. The molecular formula is C15H27N3O2. The maximum atomic E-state index is 12.7. The third-order valence-electron chi connectivity index (χ3n) is 4.93. The summed E-state index contributed by atoms with van der Waals surface area (Å²) < 4.78 is 0. The van der Waals surface area contributed by atoms with Gasteiger partial charge in [-0.05, 0) is 51.7 Å². The van der Waals surface area contributed by atoms with Crippen molar-refractivity contribution in [3.63, 3.8) is 0 Å². The summed E-state index contributed by atoms with van der Waals surface area (Å²) in [5, 5.41) is 2.91. The molecule has 2 saturated heterocycles. The fourth-order valence-corrected chi connectivity index (χ4v) is 3.34. The van der Waals surface area contributed by atoms with Gasteiger partial charge in [-0.3, -0.25) is 9.59 Å². The van der Waals surface area contributed by atoms with Gasteiger partial charge in [0.25, 0.3) is 0 Å². The van der Waals surface area contributed by atoms with Crippen molar-refractivity contribution in [1.29, 1.82) is 0 Å². The first-order valence-electron chi connectivity index (χ1n) is 7.79. The summed E-state index contributed by atoms with van der Waals surface area (Å²) in [4.78, 5) is 28.7. The number of hydrogen-bond acceptors (Lipinski definition) is 3. The summed E-state index contributed by atoms with van der Waals surface area (Å²) in [7, 11) is 2.13. The maximum Gasteiger partial charge on any atom is 0.248 e. The van der Waals surface area contributed by atoms with Gasteiger partial charge in [-0.25, -0.2) is 0 Å². The molecule has 0 aromatic carbocycles. The van der Waals surface area contributed by atoms with E-state index in [1.165, 1.54) is 0 Å². The molecule has 0 spiro atoms. The van der Waals surface area contributed by atoms with E-state index in [1.54, 1.807) is 4.90 Å². The van der Waals surface area contributed by atoms with Gasteiger partial charge >= 0.3 is 0 Å². The van der Waals surface area contributed by atoms with Crippen LogP contribution in [0.25, 0.3) is 0 Å². The molecule has 0 radical (unpaired) electrons. The van der Waals surface area contributed by atoms with Crippen molar-refractivity contribution in [3.8, 4) is 0 Å². The Morgan fingerprint density at radius 3 is 2.35 bits per heavy atom. The molecule has 114 valence electrons. The Bertz CT molecular complexity index is 371. The monoisotopic (exact) mass is 281 g/mol. The summed E-state index contributed by atoms with van der Waals surface area (Å²) in [6, 6.07) is 0. The van der Waals surface area contributed by atoms with E-state index in [4.69, 9.17) is 0 Å². The molecule has 5 heteroatoms. The van der Waals surface area contributed by atoms with Crippen LogP contribution in [0.3, 0.4) is 0 Å². The summed E-state index contributed by atoms with van der Waals surface area (Å²) in [5.74, 6) is 0.634. The zero-order valence-electron chi connectivity index (χ0n) is 12.9. The lowest BCUT2D eigenvalue weighted by molar-refractivity contribution is -0.151. The molecule has 2 aliphatic rings. The van der Waals surface area contributed by atoms with Crippen LogP contribution in [0.5, 0.6) is 0 Å². The third-order valence-corrected chi connectivity index (χ3v) is 4.93. The van der Waals surface area contributed by atoms with Crippen LogP contribution in [0.4, 0.5) is 0 Å². The molecule has 20 heavy (non-hydrogen) atoms. The first-order valence-corrected chi connectivity index (χ1v) is 7.79. The van der Waals surface area contributed by atoms with Crippen molar-refractivity contribution < 1.29 is 9.59 Å². The molecule has 0 saturated carbocycles. The lowest BCUT2D eigenvalue weighted by atomic mass is 9.87. The quantitative estimate of drug-likeness (QED) is 0.831. The van der Waals surface area contributed by atoms with E-state index >= 15 is 0 Å². The Morgan fingerprint density at radius 1 is 1.20 bits per heavy atom. The average molecular weight is 281 g/mol. The number of piperidine rings is 1. The highest BCUT2D eigenvalue weighted by molar-refractivity contribution is 5.97. The number of piperazine rings is 1. The van der Waals surface area contributed by atoms with Crippen LogP contribution in [0.15, 0.2) is 0 Å². The molecule has 0 unspecified atom stereocenters. The predicted octanol–water partition coefficient (Wildman–Crippen LogP) is 0.845. The van der Waals surface area contributed by atoms with Crippen molar-refractivity contribution in [2.24, 2.45) is 5.92 Å². The van der Waals surface area contributed by atoms with Gasteiger partial charge in [0.2, 0.25) is 11.8 Å².